The topological polar surface area (TPSA) is 79.8 Å². The van der Waals surface area contributed by atoms with Crippen molar-refractivity contribution >= 4 is 6.09 Å². The normalized spacial score (nSPS) is 12.3. The van der Waals surface area contributed by atoms with E-state index in [1.165, 1.54) is 0 Å². The van der Waals surface area contributed by atoms with Gasteiger partial charge in [0.1, 0.15) is 24.1 Å². The number of nitrogens with one attached hydrogen (secondary N) is 2. The standard InChI is InChI=1S/C19H30N2O4/c1-5-8-15-9-6-7-10-17(15)24-14-16(22)13-20-11-12-21-18(23)25-19(2,3)4/h5-7,9-10,16,20,22H,1,8,11-14H2,2-4H3,(H,21,23)/t16-/m0/s1. The molecule has 0 spiro atoms. The molecule has 1 atom stereocenters. The van der Waals surface area contributed by atoms with Crippen molar-refractivity contribution in [2.24, 2.45) is 0 Å². The van der Waals surface area contributed by atoms with Gasteiger partial charge >= 0.3 is 6.09 Å². The van der Waals surface area contributed by atoms with Crippen LogP contribution in [0.3, 0.4) is 0 Å². The number of carbonyl (C=O) groups excluding carboxylic acids is 1. The van der Waals surface area contributed by atoms with Crippen LogP contribution in [0.25, 0.3) is 0 Å². The first-order chi connectivity index (χ1) is 11.8. The minimum atomic E-state index is -0.640. The van der Waals surface area contributed by atoms with Crippen molar-refractivity contribution in [2.75, 3.05) is 26.2 Å². The van der Waals surface area contributed by atoms with E-state index in [0.29, 0.717) is 19.6 Å². The first-order valence-electron chi connectivity index (χ1n) is 8.49. The van der Waals surface area contributed by atoms with E-state index < -0.39 is 17.8 Å². The van der Waals surface area contributed by atoms with Gasteiger partial charge in [-0.2, -0.15) is 0 Å². The Morgan fingerprint density at radius 3 is 2.72 bits per heavy atom. The van der Waals surface area contributed by atoms with E-state index in [2.05, 4.69) is 17.2 Å². The summed E-state index contributed by atoms with van der Waals surface area (Å²) in [6.07, 6.45) is 1.45. The quantitative estimate of drug-likeness (QED) is 0.446. The molecule has 140 valence electrons. The van der Waals surface area contributed by atoms with Crippen LogP contribution in [0.2, 0.25) is 0 Å². The molecule has 1 amide bonds. The third-order valence-electron chi connectivity index (χ3n) is 3.12. The Morgan fingerprint density at radius 2 is 2.04 bits per heavy atom. The van der Waals surface area contributed by atoms with Crippen molar-refractivity contribution in [2.45, 2.75) is 38.9 Å². The van der Waals surface area contributed by atoms with E-state index in [-0.39, 0.29) is 6.61 Å². The number of para-hydroxylation sites is 1. The first kappa shape index (κ1) is 21.0. The number of amides is 1. The van der Waals surface area contributed by atoms with Crippen molar-refractivity contribution in [3.05, 3.63) is 42.5 Å². The summed E-state index contributed by atoms with van der Waals surface area (Å²) in [7, 11) is 0. The molecule has 0 heterocycles. The molecule has 0 aliphatic heterocycles. The zero-order valence-electron chi connectivity index (χ0n) is 15.4. The molecular formula is C19H30N2O4. The van der Waals surface area contributed by atoms with Gasteiger partial charge in [-0.05, 0) is 38.8 Å². The van der Waals surface area contributed by atoms with Crippen molar-refractivity contribution in [1.82, 2.24) is 10.6 Å². The second-order valence-corrected chi connectivity index (χ2v) is 6.70. The van der Waals surface area contributed by atoms with Gasteiger partial charge in [-0.25, -0.2) is 4.79 Å². The summed E-state index contributed by atoms with van der Waals surface area (Å²) in [6, 6.07) is 7.70. The Labute approximate surface area is 150 Å². The first-order valence-corrected chi connectivity index (χ1v) is 8.49. The van der Waals surface area contributed by atoms with Gasteiger partial charge in [0.15, 0.2) is 0 Å². The fourth-order valence-electron chi connectivity index (χ4n) is 2.05. The smallest absolute Gasteiger partial charge is 0.407 e. The highest BCUT2D eigenvalue weighted by Gasteiger charge is 2.15. The fourth-order valence-corrected chi connectivity index (χ4v) is 2.05. The number of carbonyl (C=O) groups is 1. The number of ether oxygens (including phenoxy) is 2. The monoisotopic (exact) mass is 350 g/mol. The average Bonchev–Trinajstić information content (AvgIpc) is 2.52. The molecule has 0 unspecified atom stereocenters. The van der Waals surface area contributed by atoms with Crippen LogP contribution in [0.4, 0.5) is 4.79 Å². The maximum absolute atomic E-state index is 11.5. The minimum Gasteiger partial charge on any atom is -0.491 e. The maximum Gasteiger partial charge on any atom is 0.407 e. The van der Waals surface area contributed by atoms with E-state index in [1.807, 2.05) is 51.1 Å². The molecule has 0 aromatic heterocycles. The summed E-state index contributed by atoms with van der Waals surface area (Å²) < 4.78 is 10.8. The number of hydrogen-bond donors (Lipinski definition) is 3. The Morgan fingerprint density at radius 1 is 1.32 bits per heavy atom. The summed E-state index contributed by atoms with van der Waals surface area (Å²) in [6.45, 7) is 10.7. The van der Waals surface area contributed by atoms with Gasteiger partial charge in [0.05, 0.1) is 0 Å². The van der Waals surface area contributed by atoms with Gasteiger partial charge in [0.2, 0.25) is 0 Å². The zero-order chi connectivity index (χ0) is 18.7. The maximum atomic E-state index is 11.5. The van der Waals surface area contributed by atoms with E-state index in [9.17, 15) is 9.90 Å². The van der Waals surface area contributed by atoms with Crippen molar-refractivity contribution < 1.29 is 19.4 Å². The molecular weight excluding hydrogens is 320 g/mol. The van der Waals surface area contributed by atoms with E-state index in [4.69, 9.17) is 9.47 Å². The van der Waals surface area contributed by atoms with Gasteiger partial charge in [0.25, 0.3) is 0 Å². The van der Waals surface area contributed by atoms with Crippen molar-refractivity contribution in [3.63, 3.8) is 0 Å². The number of aliphatic hydroxyl groups excluding tert-OH is 1. The molecule has 0 saturated carbocycles. The third-order valence-corrected chi connectivity index (χ3v) is 3.12. The van der Waals surface area contributed by atoms with Crippen LogP contribution < -0.4 is 15.4 Å². The summed E-state index contributed by atoms with van der Waals surface area (Å²) in [5, 5.41) is 15.7. The average molecular weight is 350 g/mol. The minimum absolute atomic E-state index is 0.195. The Kier molecular flexibility index (Phi) is 9.02. The van der Waals surface area contributed by atoms with Crippen molar-refractivity contribution in [3.8, 4) is 5.75 Å². The highest BCUT2D eigenvalue weighted by atomic mass is 16.6. The lowest BCUT2D eigenvalue weighted by Gasteiger charge is -2.20. The molecule has 25 heavy (non-hydrogen) atoms. The molecule has 1 aromatic carbocycles. The van der Waals surface area contributed by atoms with Crippen molar-refractivity contribution in [1.29, 1.82) is 0 Å². The van der Waals surface area contributed by atoms with Crippen LogP contribution in [-0.2, 0) is 11.2 Å². The second-order valence-electron chi connectivity index (χ2n) is 6.70. The molecule has 0 saturated heterocycles. The zero-order valence-corrected chi connectivity index (χ0v) is 15.4. The Bertz CT molecular complexity index is 540. The molecule has 6 nitrogen and oxygen atoms in total. The van der Waals surface area contributed by atoms with Gasteiger partial charge in [-0.3, -0.25) is 0 Å². The number of hydrogen-bond acceptors (Lipinski definition) is 5. The number of alkyl carbamates (subject to hydrolysis) is 1. The van der Waals surface area contributed by atoms with Crippen LogP contribution in [0, 0.1) is 0 Å². The largest absolute Gasteiger partial charge is 0.491 e. The number of aliphatic hydroxyl groups is 1. The molecule has 0 bridgehead atoms. The number of allylic oxidation sites excluding steroid dienone is 1. The predicted octanol–water partition coefficient (Wildman–Crippen LogP) is 2.27. The number of benzene rings is 1. The molecule has 3 N–H and O–H groups in total. The second kappa shape index (κ2) is 10.7. The highest BCUT2D eigenvalue weighted by molar-refractivity contribution is 5.67. The van der Waals surface area contributed by atoms with Crippen LogP contribution in [0.1, 0.15) is 26.3 Å². The summed E-state index contributed by atoms with van der Waals surface area (Å²) in [5.74, 6) is 0.757. The van der Waals surface area contributed by atoms with Gasteiger partial charge in [-0.15, -0.1) is 6.58 Å². The lowest BCUT2D eigenvalue weighted by atomic mass is 10.1. The molecule has 0 fully saturated rings. The third kappa shape index (κ3) is 9.74. The molecule has 0 aliphatic rings. The molecule has 0 aliphatic carbocycles. The number of rotatable bonds is 10. The Balaban J connectivity index is 2.18. The van der Waals surface area contributed by atoms with Crippen LogP contribution >= 0.6 is 0 Å². The van der Waals surface area contributed by atoms with Gasteiger partial charge < -0.3 is 25.2 Å². The molecule has 0 radical (unpaired) electrons. The summed E-state index contributed by atoms with van der Waals surface area (Å²) >= 11 is 0. The lowest BCUT2D eigenvalue weighted by molar-refractivity contribution is 0.0527. The van der Waals surface area contributed by atoms with E-state index in [0.717, 1.165) is 17.7 Å². The molecule has 1 aromatic rings. The Hall–Kier alpha value is -2.05. The summed E-state index contributed by atoms with van der Waals surface area (Å²) in [4.78, 5) is 11.5. The lowest BCUT2D eigenvalue weighted by Crippen LogP contribution is -2.39. The van der Waals surface area contributed by atoms with Crippen LogP contribution in [0.5, 0.6) is 5.75 Å². The van der Waals surface area contributed by atoms with E-state index in [1.54, 1.807) is 0 Å². The highest BCUT2D eigenvalue weighted by Crippen LogP contribution is 2.18. The summed E-state index contributed by atoms with van der Waals surface area (Å²) in [5.41, 5.74) is 0.534. The SMILES string of the molecule is C=CCc1ccccc1OC[C@@H](O)CNCCNC(=O)OC(C)(C)C. The van der Waals surface area contributed by atoms with Gasteiger partial charge in [-0.1, -0.05) is 24.3 Å². The fraction of sp³-hybridized carbons (Fsp3) is 0.526. The van der Waals surface area contributed by atoms with Crippen LogP contribution in [-0.4, -0.2) is 49.1 Å². The molecule has 1 rings (SSSR count). The molecule has 6 heteroatoms. The van der Waals surface area contributed by atoms with E-state index >= 15 is 0 Å². The predicted molar refractivity (Wildman–Crippen MR) is 99.0 cm³/mol. The van der Waals surface area contributed by atoms with Crippen LogP contribution in [0.15, 0.2) is 36.9 Å². The van der Waals surface area contributed by atoms with Gasteiger partial charge in [0, 0.05) is 19.6 Å².